The first-order valence-corrected chi connectivity index (χ1v) is 16.9. The highest BCUT2D eigenvalue weighted by molar-refractivity contribution is 6.21. The number of benzene rings is 8. The maximum atomic E-state index is 5.36. The van der Waals surface area contributed by atoms with E-state index in [2.05, 4.69) is 164 Å². The van der Waals surface area contributed by atoms with Crippen LogP contribution >= 0.6 is 0 Å². The highest BCUT2D eigenvalue weighted by Gasteiger charge is 2.17. The third-order valence-electron chi connectivity index (χ3n) is 9.86. The summed E-state index contributed by atoms with van der Waals surface area (Å²) >= 11 is 0. The van der Waals surface area contributed by atoms with Crippen molar-refractivity contribution in [1.29, 1.82) is 0 Å². The van der Waals surface area contributed by atoms with Gasteiger partial charge in [0.05, 0.1) is 22.2 Å². The molecular weight excluding hydrogens is 607 g/mol. The van der Waals surface area contributed by atoms with Gasteiger partial charge in [0, 0.05) is 43.6 Å². The van der Waals surface area contributed by atoms with E-state index in [1.807, 2.05) is 12.1 Å². The van der Waals surface area contributed by atoms with Crippen molar-refractivity contribution in [1.82, 2.24) is 15.0 Å². The molecule has 8 aromatic carbocycles. The van der Waals surface area contributed by atoms with Crippen molar-refractivity contribution >= 4 is 54.3 Å². The molecule has 232 valence electrons. The molecule has 0 radical (unpaired) electrons. The summed E-state index contributed by atoms with van der Waals surface area (Å²) in [5, 5.41) is 8.02. The number of hydrogen-bond acceptors (Lipinski definition) is 3. The van der Waals surface area contributed by atoms with Gasteiger partial charge in [0.25, 0.3) is 0 Å². The normalized spacial score (nSPS) is 11.6. The second kappa shape index (κ2) is 11.5. The van der Waals surface area contributed by atoms with Crippen LogP contribution in [0.5, 0.6) is 0 Å². The van der Waals surface area contributed by atoms with E-state index >= 15 is 0 Å². The Hall–Kier alpha value is -6.71. The lowest BCUT2D eigenvalue weighted by atomic mass is 9.92. The molecule has 2 heterocycles. The molecule has 0 unspecified atom stereocenters. The summed E-state index contributed by atoms with van der Waals surface area (Å²) in [6, 6.07) is 62.1. The van der Waals surface area contributed by atoms with Crippen LogP contribution in [0.25, 0.3) is 99.2 Å². The fourth-order valence-electron chi connectivity index (χ4n) is 7.39. The Labute approximate surface area is 289 Å². The second-order valence-electron chi connectivity index (χ2n) is 12.8. The van der Waals surface area contributed by atoms with E-state index in [9.17, 15) is 0 Å². The Morgan fingerprint density at radius 3 is 1.44 bits per heavy atom. The fourth-order valence-corrected chi connectivity index (χ4v) is 7.39. The molecule has 0 fully saturated rings. The molecule has 0 N–H and O–H groups in total. The van der Waals surface area contributed by atoms with Crippen molar-refractivity contribution in [3.8, 4) is 44.9 Å². The van der Waals surface area contributed by atoms with E-state index in [-0.39, 0.29) is 0 Å². The van der Waals surface area contributed by atoms with Gasteiger partial charge < -0.3 is 0 Å². The molecule has 0 aliphatic carbocycles. The number of fused-ring (bicyclic) bond motifs is 7. The molecule has 3 nitrogen and oxygen atoms in total. The Balaban J connectivity index is 1.14. The molecule has 0 aliphatic heterocycles. The van der Waals surface area contributed by atoms with Crippen molar-refractivity contribution in [2.45, 2.75) is 0 Å². The smallest absolute Gasteiger partial charge is 0.160 e. The third-order valence-corrected chi connectivity index (χ3v) is 9.86. The summed E-state index contributed by atoms with van der Waals surface area (Å²) < 4.78 is 0. The molecule has 10 aromatic rings. The number of rotatable bonds is 4. The third kappa shape index (κ3) is 4.63. The maximum absolute atomic E-state index is 5.36. The number of hydrogen-bond donors (Lipinski definition) is 0. The first kappa shape index (κ1) is 28.3. The van der Waals surface area contributed by atoms with Crippen LogP contribution in [-0.4, -0.2) is 15.0 Å². The zero-order valence-corrected chi connectivity index (χ0v) is 27.1. The van der Waals surface area contributed by atoms with Gasteiger partial charge >= 0.3 is 0 Å². The predicted octanol–water partition coefficient (Wildman–Crippen LogP) is 12.3. The van der Waals surface area contributed by atoms with Gasteiger partial charge in [-0.2, -0.15) is 0 Å². The molecular formula is C47H29N3. The van der Waals surface area contributed by atoms with Gasteiger partial charge in [-0.05, 0) is 33.5 Å². The van der Waals surface area contributed by atoms with Crippen molar-refractivity contribution in [3.05, 3.63) is 176 Å². The molecule has 0 saturated carbocycles. The molecule has 0 amide bonds. The van der Waals surface area contributed by atoms with Crippen molar-refractivity contribution < 1.29 is 0 Å². The van der Waals surface area contributed by atoms with Crippen LogP contribution in [0.4, 0.5) is 0 Å². The van der Waals surface area contributed by atoms with Gasteiger partial charge in [0.1, 0.15) is 0 Å². The quantitative estimate of drug-likeness (QED) is 0.143. The summed E-state index contributed by atoms with van der Waals surface area (Å²) in [5.74, 6) is 0.715. The first-order valence-electron chi connectivity index (χ1n) is 16.9. The standard InChI is InChI=1S/C47H29N3/c1-2-10-30(11-3-1)31-18-24-36(25-19-31)47-48-42-17-9-8-16-39(42)44(50-47)35-22-20-34(21-23-35)43-40-28-26-32-12-4-6-14-37(32)45(40)49-46-38-15-7-5-13-33(38)27-29-41(43)46/h1-29H. The first-order chi connectivity index (χ1) is 24.8. The van der Waals surface area contributed by atoms with Crippen LogP contribution in [0.2, 0.25) is 0 Å². The van der Waals surface area contributed by atoms with E-state index < -0.39 is 0 Å². The van der Waals surface area contributed by atoms with E-state index in [1.165, 1.54) is 27.5 Å². The minimum Gasteiger partial charge on any atom is -0.246 e. The zero-order chi connectivity index (χ0) is 33.0. The summed E-state index contributed by atoms with van der Waals surface area (Å²) in [7, 11) is 0. The van der Waals surface area contributed by atoms with Crippen molar-refractivity contribution in [2.75, 3.05) is 0 Å². The zero-order valence-electron chi connectivity index (χ0n) is 27.1. The average molecular weight is 636 g/mol. The minimum atomic E-state index is 0.715. The Morgan fingerprint density at radius 1 is 0.280 bits per heavy atom. The van der Waals surface area contributed by atoms with Crippen LogP contribution in [0, 0.1) is 0 Å². The van der Waals surface area contributed by atoms with Gasteiger partial charge in [-0.3, -0.25) is 0 Å². The summed E-state index contributed by atoms with van der Waals surface area (Å²) in [4.78, 5) is 15.6. The van der Waals surface area contributed by atoms with Crippen LogP contribution in [0.15, 0.2) is 176 Å². The summed E-state index contributed by atoms with van der Waals surface area (Å²) in [6.07, 6.45) is 0. The maximum Gasteiger partial charge on any atom is 0.160 e. The Morgan fingerprint density at radius 2 is 0.780 bits per heavy atom. The molecule has 0 aliphatic rings. The van der Waals surface area contributed by atoms with Gasteiger partial charge in [-0.15, -0.1) is 0 Å². The highest BCUT2D eigenvalue weighted by atomic mass is 14.9. The second-order valence-corrected chi connectivity index (χ2v) is 12.8. The lowest BCUT2D eigenvalue weighted by Gasteiger charge is -2.15. The van der Waals surface area contributed by atoms with Crippen molar-refractivity contribution in [3.63, 3.8) is 0 Å². The van der Waals surface area contributed by atoms with E-state index in [0.717, 1.165) is 65.9 Å². The van der Waals surface area contributed by atoms with E-state index in [1.54, 1.807) is 0 Å². The Bertz CT molecular complexity index is 2800. The van der Waals surface area contributed by atoms with Crippen LogP contribution < -0.4 is 0 Å². The summed E-state index contributed by atoms with van der Waals surface area (Å²) in [5.41, 5.74) is 10.6. The predicted molar refractivity (Wildman–Crippen MR) is 209 cm³/mol. The SMILES string of the molecule is c1ccc(-c2ccc(-c3nc(-c4ccc(-c5c6ccc7ccccc7c6nc6c5ccc5ccccc56)cc4)c4ccccc4n3)cc2)cc1. The minimum absolute atomic E-state index is 0.715. The molecule has 10 rings (SSSR count). The monoisotopic (exact) mass is 635 g/mol. The fraction of sp³-hybridized carbons (Fsp3) is 0. The lowest BCUT2D eigenvalue weighted by Crippen LogP contribution is -1.95. The molecule has 2 aromatic heterocycles. The van der Waals surface area contributed by atoms with Gasteiger partial charge in [-0.25, -0.2) is 15.0 Å². The van der Waals surface area contributed by atoms with Crippen molar-refractivity contribution in [2.24, 2.45) is 0 Å². The lowest BCUT2D eigenvalue weighted by molar-refractivity contribution is 1.23. The largest absolute Gasteiger partial charge is 0.246 e. The average Bonchev–Trinajstić information content (AvgIpc) is 3.20. The van der Waals surface area contributed by atoms with Crippen LogP contribution in [-0.2, 0) is 0 Å². The Kier molecular flexibility index (Phi) is 6.49. The highest BCUT2D eigenvalue weighted by Crippen LogP contribution is 2.41. The molecule has 0 atom stereocenters. The van der Waals surface area contributed by atoms with Gasteiger partial charge in [-0.1, -0.05) is 170 Å². The summed E-state index contributed by atoms with van der Waals surface area (Å²) in [6.45, 7) is 0. The number of para-hydroxylation sites is 1. The molecule has 0 bridgehead atoms. The molecule has 0 saturated heterocycles. The molecule has 50 heavy (non-hydrogen) atoms. The van der Waals surface area contributed by atoms with Crippen LogP contribution in [0.1, 0.15) is 0 Å². The number of nitrogens with zero attached hydrogens (tertiary/aromatic N) is 3. The van der Waals surface area contributed by atoms with E-state index in [0.29, 0.717) is 5.82 Å². The van der Waals surface area contributed by atoms with Crippen LogP contribution in [0.3, 0.4) is 0 Å². The number of pyridine rings is 1. The molecule has 3 heteroatoms. The molecule has 0 spiro atoms. The number of aromatic nitrogens is 3. The van der Waals surface area contributed by atoms with E-state index in [4.69, 9.17) is 15.0 Å². The van der Waals surface area contributed by atoms with Gasteiger partial charge in [0.2, 0.25) is 0 Å². The topological polar surface area (TPSA) is 38.7 Å². The van der Waals surface area contributed by atoms with Gasteiger partial charge in [0.15, 0.2) is 5.82 Å².